The van der Waals surface area contributed by atoms with E-state index in [1.165, 1.54) is 6.26 Å². The quantitative estimate of drug-likeness (QED) is 0.817. The molecule has 0 fully saturated rings. The highest BCUT2D eigenvalue weighted by Crippen LogP contribution is 2.19. The maximum atomic E-state index is 12.0. The minimum absolute atomic E-state index is 0.0695. The molecule has 96 valence electrons. The van der Waals surface area contributed by atoms with Crippen LogP contribution in [-0.2, 0) is 20.6 Å². The van der Waals surface area contributed by atoms with Crippen LogP contribution in [0.2, 0.25) is 0 Å². The van der Waals surface area contributed by atoms with Crippen LogP contribution in [0.5, 0.6) is 0 Å². The predicted octanol–water partition coefficient (Wildman–Crippen LogP) is 1.12. The third-order valence-corrected chi connectivity index (χ3v) is 5.04. The lowest BCUT2D eigenvalue weighted by molar-refractivity contribution is 0.600. The highest BCUT2D eigenvalue weighted by atomic mass is 32.2. The molecule has 0 aliphatic carbocycles. The smallest absolute Gasteiger partial charge is 0.147 e. The molecule has 6 heteroatoms. The Kier molecular flexibility index (Phi) is 4.70. The van der Waals surface area contributed by atoms with Crippen molar-refractivity contribution in [3.8, 4) is 0 Å². The molecule has 0 aromatic heterocycles. The van der Waals surface area contributed by atoms with Crippen molar-refractivity contribution in [1.29, 1.82) is 0 Å². The Bertz CT molecular complexity index is 524. The Morgan fingerprint density at radius 3 is 2.59 bits per heavy atom. The third kappa shape index (κ3) is 4.47. The minimum atomic E-state index is -2.98. The molecule has 17 heavy (non-hydrogen) atoms. The van der Waals surface area contributed by atoms with Crippen molar-refractivity contribution >= 4 is 26.3 Å². The molecule has 1 atom stereocenters. The average Bonchev–Trinajstić information content (AvgIpc) is 2.20. The fourth-order valence-electron chi connectivity index (χ4n) is 1.44. The zero-order valence-electron chi connectivity index (χ0n) is 9.97. The zero-order valence-corrected chi connectivity index (χ0v) is 11.6. The lowest BCUT2D eigenvalue weighted by atomic mass is 10.2. The van der Waals surface area contributed by atoms with Crippen LogP contribution in [0.1, 0.15) is 12.0 Å². The molecule has 0 radical (unpaired) electrons. The molecule has 1 aromatic rings. The van der Waals surface area contributed by atoms with Crippen LogP contribution in [0.4, 0.5) is 5.69 Å². The van der Waals surface area contributed by atoms with Gasteiger partial charge in [0.05, 0.1) is 16.6 Å². The van der Waals surface area contributed by atoms with Gasteiger partial charge < -0.3 is 5.73 Å². The average molecular weight is 275 g/mol. The van der Waals surface area contributed by atoms with E-state index in [2.05, 4.69) is 0 Å². The first kappa shape index (κ1) is 14.2. The zero-order chi connectivity index (χ0) is 13.1. The van der Waals surface area contributed by atoms with Crippen molar-refractivity contribution in [3.63, 3.8) is 0 Å². The summed E-state index contributed by atoms with van der Waals surface area (Å²) in [5.41, 5.74) is 7.15. The molecule has 1 unspecified atom stereocenters. The van der Waals surface area contributed by atoms with Crippen LogP contribution < -0.4 is 5.73 Å². The topological polar surface area (TPSA) is 77.2 Å². The van der Waals surface area contributed by atoms with Gasteiger partial charge in [-0.05, 0) is 31.0 Å². The number of hydrogen-bond donors (Lipinski definition) is 1. The molecule has 1 aromatic carbocycles. The molecule has 0 heterocycles. The molecule has 0 aliphatic rings. The normalized spacial score (nSPS) is 13.5. The first-order chi connectivity index (χ1) is 7.81. The van der Waals surface area contributed by atoms with E-state index in [0.717, 1.165) is 5.56 Å². The fourth-order valence-corrected chi connectivity index (χ4v) is 3.61. The van der Waals surface area contributed by atoms with E-state index in [0.29, 0.717) is 22.8 Å². The summed E-state index contributed by atoms with van der Waals surface area (Å²) < 4.78 is 33.9. The van der Waals surface area contributed by atoms with Gasteiger partial charge in [-0.15, -0.1) is 0 Å². The number of nitrogens with two attached hydrogens (primary N) is 1. The van der Waals surface area contributed by atoms with E-state index in [1.807, 2.05) is 6.92 Å². The van der Waals surface area contributed by atoms with Gasteiger partial charge in [-0.1, -0.05) is 6.07 Å². The van der Waals surface area contributed by atoms with Gasteiger partial charge in [0, 0.05) is 22.6 Å². The number of hydrogen-bond acceptors (Lipinski definition) is 4. The lowest BCUT2D eigenvalue weighted by Gasteiger charge is -2.07. The molecular formula is C11H17NO3S2. The highest BCUT2D eigenvalue weighted by Gasteiger charge is 2.10. The van der Waals surface area contributed by atoms with Gasteiger partial charge in [-0.3, -0.25) is 4.21 Å². The number of nitrogen functional groups attached to an aromatic ring is 1. The van der Waals surface area contributed by atoms with Gasteiger partial charge in [-0.25, -0.2) is 8.42 Å². The highest BCUT2D eigenvalue weighted by molar-refractivity contribution is 7.90. The maximum absolute atomic E-state index is 12.0. The molecule has 0 spiro atoms. The van der Waals surface area contributed by atoms with E-state index in [9.17, 15) is 12.6 Å². The summed E-state index contributed by atoms with van der Waals surface area (Å²) in [6.45, 7) is 1.82. The number of sulfone groups is 1. The van der Waals surface area contributed by atoms with Crippen molar-refractivity contribution in [1.82, 2.24) is 0 Å². The van der Waals surface area contributed by atoms with Crippen molar-refractivity contribution in [2.75, 3.05) is 23.5 Å². The van der Waals surface area contributed by atoms with Crippen molar-refractivity contribution in [2.24, 2.45) is 0 Å². The Labute approximate surface area is 105 Å². The summed E-state index contributed by atoms with van der Waals surface area (Å²) in [6.07, 6.45) is 1.58. The second-order valence-electron chi connectivity index (χ2n) is 4.00. The Hall–Kier alpha value is -0.880. The molecule has 2 N–H and O–H groups in total. The van der Waals surface area contributed by atoms with E-state index in [1.54, 1.807) is 18.2 Å². The Morgan fingerprint density at radius 2 is 2.00 bits per heavy atom. The van der Waals surface area contributed by atoms with Crippen LogP contribution >= 0.6 is 0 Å². The second kappa shape index (κ2) is 5.64. The Morgan fingerprint density at radius 1 is 1.35 bits per heavy atom. The van der Waals surface area contributed by atoms with Crippen LogP contribution in [0, 0.1) is 6.92 Å². The standard InChI is InChI=1S/C11H17NO3S2/c1-9-10(12)5-3-6-11(9)16(13)7-4-8-17(2,14)15/h3,5-6H,4,7-8,12H2,1-2H3. The molecule has 4 nitrogen and oxygen atoms in total. The van der Waals surface area contributed by atoms with Gasteiger partial charge >= 0.3 is 0 Å². The van der Waals surface area contributed by atoms with E-state index < -0.39 is 20.6 Å². The lowest BCUT2D eigenvalue weighted by Crippen LogP contribution is -2.09. The first-order valence-corrected chi connectivity index (χ1v) is 8.60. The molecular weight excluding hydrogens is 258 g/mol. The van der Waals surface area contributed by atoms with Gasteiger partial charge in [0.2, 0.25) is 0 Å². The number of rotatable bonds is 5. The Balaban J connectivity index is 2.68. The molecule has 0 bridgehead atoms. The molecule has 0 aliphatic heterocycles. The largest absolute Gasteiger partial charge is 0.398 e. The predicted molar refractivity (Wildman–Crippen MR) is 71.2 cm³/mol. The van der Waals surface area contributed by atoms with Gasteiger partial charge in [0.1, 0.15) is 9.84 Å². The van der Waals surface area contributed by atoms with Crippen LogP contribution in [0.15, 0.2) is 23.1 Å². The number of benzene rings is 1. The monoisotopic (exact) mass is 275 g/mol. The molecule has 0 saturated heterocycles. The van der Waals surface area contributed by atoms with E-state index in [-0.39, 0.29) is 5.75 Å². The maximum Gasteiger partial charge on any atom is 0.147 e. The van der Waals surface area contributed by atoms with E-state index in [4.69, 9.17) is 5.73 Å². The molecule has 0 saturated carbocycles. The summed E-state index contributed by atoms with van der Waals surface area (Å²) >= 11 is 0. The van der Waals surface area contributed by atoms with E-state index >= 15 is 0 Å². The van der Waals surface area contributed by atoms with Crippen LogP contribution in [0.25, 0.3) is 0 Å². The summed E-state index contributed by atoms with van der Waals surface area (Å²) in [5.74, 6) is 0.414. The van der Waals surface area contributed by atoms with Gasteiger partial charge in [0.15, 0.2) is 0 Å². The first-order valence-electron chi connectivity index (χ1n) is 5.22. The van der Waals surface area contributed by atoms with Crippen molar-refractivity contribution in [3.05, 3.63) is 23.8 Å². The van der Waals surface area contributed by atoms with Gasteiger partial charge in [-0.2, -0.15) is 0 Å². The summed E-state index contributed by atoms with van der Waals surface area (Å²) in [5, 5.41) is 0. The van der Waals surface area contributed by atoms with Crippen LogP contribution in [0.3, 0.4) is 0 Å². The summed E-state index contributed by atoms with van der Waals surface area (Å²) in [7, 11) is -4.16. The molecule has 1 rings (SSSR count). The van der Waals surface area contributed by atoms with Crippen molar-refractivity contribution in [2.45, 2.75) is 18.2 Å². The summed E-state index contributed by atoms with van der Waals surface area (Å²) in [4.78, 5) is 0.693. The second-order valence-corrected chi connectivity index (χ2v) is 7.80. The third-order valence-electron chi connectivity index (χ3n) is 2.42. The summed E-state index contributed by atoms with van der Waals surface area (Å²) in [6, 6.07) is 5.28. The minimum Gasteiger partial charge on any atom is -0.398 e. The number of anilines is 1. The van der Waals surface area contributed by atoms with Gasteiger partial charge in [0.25, 0.3) is 0 Å². The molecule has 0 amide bonds. The van der Waals surface area contributed by atoms with Crippen molar-refractivity contribution < 1.29 is 12.6 Å². The fraction of sp³-hybridized carbons (Fsp3) is 0.455. The SMILES string of the molecule is Cc1c(N)cccc1S(=O)CCCS(C)(=O)=O. The van der Waals surface area contributed by atoms with Crippen LogP contribution in [-0.4, -0.2) is 30.4 Å².